The van der Waals surface area contributed by atoms with Crippen molar-refractivity contribution in [3.63, 3.8) is 0 Å². The number of aryl methyl sites for hydroxylation is 2. The van der Waals surface area contributed by atoms with Crippen molar-refractivity contribution in [3.05, 3.63) is 71.3 Å². The number of para-hydroxylation sites is 1. The van der Waals surface area contributed by atoms with Crippen LogP contribution in [-0.4, -0.2) is 45.7 Å². The molecule has 2 aliphatic heterocycles. The van der Waals surface area contributed by atoms with Crippen LogP contribution >= 0.6 is 0 Å². The van der Waals surface area contributed by atoms with Gasteiger partial charge in [0, 0.05) is 19.3 Å². The first-order valence-corrected chi connectivity index (χ1v) is 12.1. The average molecular weight is 495 g/mol. The van der Waals surface area contributed by atoms with Gasteiger partial charge in [-0.05, 0) is 55.5 Å². The molecule has 0 bridgehead atoms. The minimum absolute atomic E-state index is 0.144. The van der Waals surface area contributed by atoms with E-state index in [9.17, 15) is 18.0 Å². The fourth-order valence-corrected chi connectivity index (χ4v) is 5.38. The fraction of sp³-hybridized carbons (Fsp3) is 0.346. The second-order valence-electron chi connectivity index (χ2n) is 9.43. The molecule has 3 heterocycles. The number of aromatic nitrogens is 2. The number of nitrogens with zero attached hydrogens (tertiary/aromatic N) is 5. The number of carbonyl (C=O) groups is 1. The third kappa shape index (κ3) is 3.71. The maximum absolute atomic E-state index is 13.5. The molecule has 36 heavy (non-hydrogen) atoms. The summed E-state index contributed by atoms with van der Waals surface area (Å²) in [4.78, 5) is 22.1. The molecule has 10 heteroatoms. The van der Waals surface area contributed by atoms with Crippen LogP contribution in [0, 0.1) is 0 Å². The summed E-state index contributed by atoms with van der Waals surface area (Å²) in [7, 11) is 1.74. The Balaban J connectivity index is 1.38. The largest absolute Gasteiger partial charge is 0.416 e. The Morgan fingerprint density at radius 2 is 1.81 bits per heavy atom. The highest BCUT2D eigenvalue weighted by atomic mass is 19.4. The molecule has 1 fully saturated rings. The van der Waals surface area contributed by atoms with Crippen molar-refractivity contribution >= 4 is 29.2 Å². The highest BCUT2D eigenvalue weighted by molar-refractivity contribution is 6.21. The summed E-state index contributed by atoms with van der Waals surface area (Å²) in [6.45, 7) is 0.405. The van der Waals surface area contributed by atoms with Crippen LogP contribution in [0.3, 0.4) is 0 Å². The van der Waals surface area contributed by atoms with Crippen LogP contribution in [0.1, 0.15) is 40.7 Å². The molecule has 6 rings (SSSR count). The molecule has 1 amide bonds. The Hall–Kier alpha value is -3.82. The Bertz CT molecular complexity index is 1330. The Morgan fingerprint density at radius 1 is 1.06 bits per heavy atom. The van der Waals surface area contributed by atoms with Crippen molar-refractivity contribution in [2.75, 3.05) is 17.3 Å². The minimum atomic E-state index is -4.37. The van der Waals surface area contributed by atoms with Crippen LogP contribution in [0.2, 0.25) is 0 Å². The van der Waals surface area contributed by atoms with Gasteiger partial charge in [-0.1, -0.05) is 30.3 Å². The molecule has 186 valence electrons. The second kappa shape index (κ2) is 8.39. The number of hydrogen-bond acceptors (Lipinski definition) is 5. The number of halogens is 3. The van der Waals surface area contributed by atoms with Crippen molar-refractivity contribution in [2.45, 2.75) is 50.5 Å². The number of benzene rings is 2. The molecule has 1 aromatic heterocycles. The first kappa shape index (κ1) is 22.6. The molecule has 0 spiro atoms. The van der Waals surface area contributed by atoms with E-state index in [0.29, 0.717) is 36.1 Å². The number of guanidine groups is 1. The summed E-state index contributed by atoms with van der Waals surface area (Å²) in [6, 6.07) is 15.0. The maximum Gasteiger partial charge on any atom is 0.416 e. The molecule has 0 unspecified atom stereocenters. The third-order valence-corrected chi connectivity index (χ3v) is 7.17. The summed E-state index contributed by atoms with van der Waals surface area (Å²) >= 11 is 0. The molecular formula is C26H25F3N6O. The van der Waals surface area contributed by atoms with E-state index in [4.69, 9.17) is 10.1 Å². The average Bonchev–Trinajstić information content (AvgIpc) is 3.55. The Labute approximate surface area is 206 Å². The van der Waals surface area contributed by atoms with Gasteiger partial charge in [0.2, 0.25) is 5.96 Å². The van der Waals surface area contributed by atoms with E-state index >= 15 is 0 Å². The summed E-state index contributed by atoms with van der Waals surface area (Å²) in [5, 5.41) is 8.09. The number of alkyl halides is 3. The van der Waals surface area contributed by atoms with Crippen molar-refractivity contribution in [1.82, 2.24) is 14.7 Å². The molecule has 0 saturated heterocycles. The fourth-order valence-electron chi connectivity index (χ4n) is 5.38. The predicted molar refractivity (Wildman–Crippen MR) is 131 cm³/mol. The quantitative estimate of drug-likeness (QED) is 0.538. The highest BCUT2D eigenvalue weighted by Crippen LogP contribution is 2.43. The van der Waals surface area contributed by atoms with Crippen molar-refractivity contribution in [3.8, 4) is 0 Å². The van der Waals surface area contributed by atoms with E-state index in [2.05, 4.69) is 10.2 Å². The van der Waals surface area contributed by atoms with Gasteiger partial charge in [0.15, 0.2) is 5.82 Å². The van der Waals surface area contributed by atoms with E-state index in [-0.39, 0.29) is 18.0 Å². The number of nitrogens with one attached hydrogen (secondary N) is 1. The van der Waals surface area contributed by atoms with Gasteiger partial charge in [-0.3, -0.25) is 14.6 Å². The zero-order valence-electron chi connectivity index (χ0n) is 19.7. The van der Waals surface area contributed by atoms with E-state index in [0.717, 1.165) is 42.6 Å². The molecule has 3 aliphatic rings. The molecule has 1 N–H and O–H groups in total. The van der Waals surface area contributed by atoms with Crippen LogP contribution in [0.25, 0.3) is 0 Å². The van der Waals surface area contributed by atoms with Crippen LogP contribution in [-0.2, 0) is 19.1 Å². The van der Waals surface area contributed by atoms with Gasteiger partial charge >= 0.3 is 6.18 Å². The van der Waals surface area contributed by atoms with Gasteiger partial charge < -0.3 is 5.32 Å². The lowest BCUT2D eigenvalue weighted by Crippen LogP contribution is -2.52. The number of fused-ring (bicyclic) bond motifs is 5. The minimum Gasteiger partial charge on any atom is -0.338 e. The van der Waals surface area contributed by atoms with E-state index in [1.54, 1.807) is 16.6 Å². The zero-order chi connectivity index (χ0) is 25.0. The van der Waals surface area contributed by atoms with Crippen molar-refractivity contribution < 1.29 is 18.0 Å². The lowest BCUT2D eigenvalue weighted by atomic mass is 10.1. The number of rotatable bonds is 5. The SMILES string of the molecule is CN1C(=O)c2c(Nc3ccccc3)nn(CCc3ccc(C(F)(F)F)cc3)c2N2C1=N[C@@H]1CCC[C@@H]12. The van der Waals surface area contributed by atoms with Gasteiger partial charge in [-0.25, -0.2) is 9.67 Å². The normalized spacial score (nSPS) is 20.8. The Morgan fingerprint density at radius 3 is 2.53 bits per heavy atom. The molecule has 1 saturated carbocycles. The number of hydrogen-bond donors (Lipinski definition) is 1. The number of carbonyl (C=O) groups excluding carboxylic acids is 1. The highest BCUT2D eigenvalue weighted by Gasteiger charge is 2.49. The third-order valence-electron chi connectivity index (χ3n) is 7.17. The first-order chi connectivity index (χ1) is 17.3. The van der Waals surface area contributed by atoms with Gasteiger partial charge in [0.05, 0.1) is 17.6 Å². The van der Waals surface area contributed by atoms with Crippen LogP contribution < -0.4 is 10.2 Å². The summed E-state index contributed by atoms with van der Waals surface area (Å²) < 4.78 is 40.7. The molecule has 3 aromatic rings. The lowest BCUT2D eigenvalue weighted by molar-refractivity contribution is -0.137. The van der Waals surface area contributed by atoms with Gasteiger partial charge in [-0.15, -0.1) is 0 Å². The molecule has 7 nitrogen and oxygen atoms in total. The van der Waals surface area contributed by atoms with Crippen molar-refractivity contribution in [1.29, 1.82) is 0 Å². The summed E-state index contributed by atoms with van der Waals surface area (Å²) in [6.07, 6.45) is -0.866. The monoisotopic (exact) mass is 494 g/mol. The molecule has 2 aromatic carbocycles. The number of amides is 1. The standard InChI is InChI=1S/C26H25F3N6O/c1-33-24(36)21-22(30-18-6-3-2-4-7-18)32-34(15-14-16-10-12-17(13-11-16)26(27,28)29)23(21)35-20-9-5-8-19(20)31-25(33)35/h2-4,6-7,10-13,19-20H,5,8-9,14-15H2,1H3,(H,30,32)/t19-,20+/m1/s1. The maximum atomic E-state index is 13.5. The smallest absolute Gasteiger partial charge is 0.338 e. The first-order valence-electron chi connectivity index (χ1n) is 12.1. The summed E-state index contributed by atoms with van der Waals surface area (Å²) in [5.41, 5.74) is 1.39. The topological polar surface area (TPSA) is 65.8 Å². The predicted octanol–water partition coefficient (Wildman–Crippen LogP) is 5.07. The number of anilines is 3. The molecule has 0 radical (unpaired) electrons. The van der Waals surface area contributed by atoms with Crippen LogP contribution in [0.4, 0.5) is 30.5 Å². The second-order valence-corrected chi connectivity index (χ2v) is 9.43. The van der Waals surface area contributed by atoms with Gasteiger partial charge in [0.1, 0.15) is 11.4 Å². The molecule has 2 atom stereocenters. The molecular weight excluding hydrogens is 469 g/mol. The van der Waals surface area contributed by atoms with Gasteiger partial charge in [0.25, 0.3) is 5.91 Å². The number of aliphatic imine (C=N–C) groups is 1. The van der Waals surface area contributed by atoms with Crippen LogP contribution in [0.15, 0.2) is 59.6 Å². The van der Waals surface area contributed by atoms with Crippen LogP contribution in [0.5, 0.6) is 0 Å². The Kier molecular flexibility index (Phi) is 5.27. The van der Waals surface area contributed by atoms with E-state index in [1.165, 1.54) is 12.1 Å². The molecule has 1 aliphatic carbocycles. The van der Waals surface area contributed by atoms with Crippen molar-refractivity contribution in [2.24, 2.45) is 4.99 Å². The van der Waals surface area contributed by atoms with Gasteiger partial charge in [-0.2, -0.15) is 18.3 Å². The van der Waals surface area contributed by atoms with E-state index < -0.39 is 11.7 Å². The summed E-state index contributed by atoms with van der Waals surface area (Å²) in [5.74, 6) is 1.63. The van der Waals surface area contributed by atoms with E-state index in [1.807, 2.05) is 30.3 Å². The zero-order valence-corrected chi connectivity index (χ0v) is 19.7. The lowest BCUT2D eigenvalue weighted by Gasteiger charge is -2.35.